The maximum absolute atomic E-state index is 11.7. The molecule has 19 heavy (non-hydrogen) atoms. The first-order valence-electron chi connectivity index (χ1n) is 7.51. The van der Waals surface area contributed by atoms with Crippen molar-refractivity contribution >= 4 is 5.91 Å². The Morgan fingerprint density at radius 1 is 1.21 bits per heavy atom. The average Bonchev–Trinajstić information content (AvgIpc) is 2.30. The predicted molar refractivity (Wildman–Crippen MR) is 79.7 cm³/mol. The van der Waals surface area contributed by atoms with Crippen molar-refractivity contribution in [2.45, 2.75) is 59.5 Å². The molecule has 0 aromatic carbocycles. The van der Waals surface area contributed by atoms with E-state index in [9.17, 15) is 9.90 Å². The van der Waals surface area contributed by atoms with E-state index < -0.39 is 6.10 Å². The van der Waals surface area contributed by atoms with Gasteiger partial charge in [0.15, 0.2) is 0 Å². The van der Waals surface area contributed by atoms with E-state index in [1.165, 1.54) is 0 Å². The number of aliphatic hydroxyl groups is 1. The molecule has 114 valence electrons. The van der Waals surface area contributed by atoms with Crippen molar-refractivity contribution < 1.29 is 9.90 Å². The molecule has 0 aliphatic rings. The highest BCUT2D eigenvalue weighted by molar-refractivity contribution is 5.75. The molecule has 0 rings (SSSR count). The third kappa shape index (κ3) is 9.91. The minimum atomic E-state index is -0.436. The van der Waals surface area contributed by atoms with Crippen LogP contribution in [0.25, 0.3) is 0 Å². The molecule has 0 bridgehead atoms. The Kier molecular flexibility index (Phi) is 9.88. The van der Waals surface area contributed by atoms with Crippen LogP contribution in [0.1, 0.15) is 53.4 Å². The Bertz CT molecular complexity index is 242. The van der Waals surface area contributed by atoms with Crippen LogP contribution in [0.15, 0.2) is 0 Å². The van der Waals surface area contributed by atoms with Gasteiger partial charge >= 0.3 is 0 Å². The molecule has 4 nitrogen and oxygen atoms in total. The summed E-state index contributed by atoms with van der Waals surface area (Å²) < 4.78 is 0. The van der Waals surface area contributed by atoms with E-state index in [0.717, 1.165) is 19.3 Å². The minimum absolute atomic E-state index is 0.0328. The standard InChI is InChI=1S/C15H32N2O2/c1-11(2)9-14(18)10-17-15(19)6-5-13(7-8-16)12(3)4/h11-14,18H,5-10,16H2,1-4H3,(H,17,19). The third-order valence-electron chi connectivity index (χ3n) is 3.50. The maximum Gasteiger partial charge on any atom is 0.220 e. The number of aliphatic hydroxyl groups excluding tert-OH is 1. The predicted octanol–water partition coefficient (Wildman–Crippen LogP) is 1.91. The highest BCUT2D eigenvalue weighted by atomic mass is 16.3. The Morgan fingerprint density at radius 3 is 2.32 bits per heavy atom. The first kappa shape index (κ1) is 18.4. The summed E-state index contributed by atoms with van der Waals surface area (Å²) in [6.07, 6.45) is 2.66. The largest absolute Gasteiger partial charge is 0.391 e. The van der Waals surface area contributed by atoms with Crippen LogP contribution in [0.4, 0.5) is 0 Å². The fourth-order valence-electron chi connectivity index (χ4n) is 2.29. The van der Waals surface area contributed by atoms with E-state index in [0.29, 0.717) is 37.3 Å². The summed E-state index contributed by atoms with van der Waals surface area (Å²) in [4.78, 5) is 11.7. The number of nitrogens with two attached hydrogens (primary N) is 1. The molecule has 4 N–H and O–H groups in total. The van der Waals surface area contributed by atoms with Crippen molar-refractivity contribution in [1.29, 1.82) is 0 Å². The lowest BCUT2D eigenvalue weighted by Gasteiger charge is -2.20. The van der Waals surface area contributed by atoms with Crippen molar-refractivity contribution in [3.63, 3.8) is 0 Å². The molecule has 0 aromatic rings. The van der Waals surface area contributed by atoms with Gasteiger partial charge in [-0.1, -0.05) is 27.7 Å². The van der Waals surface area contributed by atoms with Gasteiger partial charge in [-0.25, -0.2) is 0 Å². The zero-order valence-corrected chi connectivity index (χ0v) is 13.0. The number of carbonyl (C=O) groups is 1. The van der Waals surface area contributed by atoms with Crippen LogP contribution in [0.3, 0.4) is 0 Å². The van der Waals surface area contributed by atoms with Crippen LogP contribution in [0.2, 0.25) is 0 Å². The second kappa shape index (κ2) is 10.2. The summed E-state index contributed by atoms with van der Waals surface area (Å²) in [5.41, 5.74) is 5.58. The van der Waals surface area contributed by atoms with E-state index in [1.54, 1.807) is 0 Å². The SMILES string of the molecule is CC(C)CC(O)CNC(=O)CCC(CCN)C(C)C. The lowest BCUT2D eigenvalue weighted by atomic mass is 9.88. The Morgan fingerprint density at radius 2 is 1.84 bits per heavy atom. The normalized spacial score (nSPS) is 14.7. The van der Waals surface area contributed by atoms with Crippen molar-refractivity contribution in [1.82, 2.24) is 5.32 Å². The van der Waals surface area contributed by atoms with Gasteiger partial charge in [-0.05, 0) is 43.6 Å². The lowest BCUT2D eigenvalue weighted by Crippen LogP contribution is -2.33. The van der Waals surface area contributed by atoms with Crippen molar-refractivity contribution in [2.75, 3.05) is 13.1 Å². The topological polar surface area (TPSA) is 75.3 Å². The quantitative estimate of drug-likeness (QED) is 0.568. The van der Waals surface area contributed by atoms with E-state index in [2.05, 4.69) is 33.0 Å². The van der Waals surface area contributed by atoms with E-state index in [4.69, 9.17) is 5.73 Å². The summed E-state index contributed by atoms with van der Waals surface area (Å²) in [7, 11) is 0. The summed E-state index contributed by atoms with van der Waals surface area (Å²) >= 11 is 0. The number of carbonyl (C=O) groups excluding carboxylic acids is 1. The van der Waals surface area contributed by atoms with Crippen LogP contribution in [0, 0.1) is 17.8 Å². The van der Waals surface area contributed by atoms with Gasteiger partial charge in [-0.3, -0.25) is 4.79 Å². The number of amides is 1. The van der Waals surface area contributed by atoms with Crippen molar-refractivity contribution in [3.8, 4) is 0 Å². The third-order valence-corrected chi connectivity index (χ3v) is 3.50. The van der Waals surface area contributed by atoms with Gasteiger partial charge in [0.2, 0.25) is 5.91 Å². The second-order valence-electron chi connectivity index (χ2n) is 6.21. The number of nitrogens with one attached hydrogen (secondary N) is 1. The van der Waals surface area contributed by atoms with Gasteiger partial charge in [0.05, 0.1) is 6.10 Å². The summed E-state index contributed by atoms with van der Waals surface area (Å²) in [6, 6.07) is 0. The van der Waals surface area contributed by atoms with Crippen LogP contribution < -0.4 is 11.1 Å². The second-order valence-corrected chi connectivity index (χ2v) is 6.21. The number of rotatable bonds is 10. The fraction of sp³-hybridized carbons (Fsp3) is 0.933. The van der Waals surface area contributed by atoms with Gasteiger partial charge in [-0.15, -0.1) is 0 Å². The summed E-state index contributed by atoms with van der Waals surface area (Å²) in [6.45, 7) is 9.50. The molecule has 0 radical (unpaired) electrons. The van der Waals surface area contributed by atoms with Gasteiger partial charge in [0.1, 0.15) is 0 Å². The van der Waals surface area contributed by atoms with Crippen LogP contribution in [0.5, 0.6) is 0 Å². The first-order chi connectivity index (χ1) is 8.86. The highest BCUT2D eigenvalue weighted by Crippen LogP contribution is 2.20. The molecule has 1 amide bonds. The van der Waals surface area contributed by atoms with E-state index in [1.807, 2.05) is 0 Å². The van der Waals surface area contributed by atoms with Gasteiger partial charge in [0, 0.05) is 13.0 Å². The summed E-state index contributed by atoms with van der Waals surface area (Å²) in [5, 5.41) is 12.5. The zero-order valence-electron chi connectivity index (χ0n) is 13.0. The van der Waals surface area contributed by atoms with Gasteiger partial charge in [0.25, 0.3) is 0 Å². The number of hydrogen-bond donors (Lipinski definition) is 3. The average molecular weight is 272 g/mol. The van der Waals surface area contributed by atoms with Crippen LogP contribution >= 0.6 is 0 Å². The molecule has 4 heteroatoms. The lowest BCUT2D eigenvalue weighted by molar-refractivity contribution is -0.122. The molecule has 2 unspecified atom stereocenters. The monoisotopic (exact) mass is 272 g/mol. The molecule has 0 saturated carbocycles. The molecule has 0 spiro atoms. The molecular weight excluding hydrogens is 240 g/mol. The molecule has 2 atom stereocenters. The highest BCUT2D eigenvalue weighted by Gasteiger charge is 2.15. The Hall–Kier alpha value is -0.610. The van der Waals surface area contributed by atoms with Gasteiger partial charge in [-0.2, -0.15) is 0 Å². The smallest absolute Gasteiger partial charge is 0.220 e. The molecule has 0 aliphatic carbocycles. The maximum atomic E-state index is 11.7. The fourth-order valence-corrected chi connectivity index (χ4v) is 2.29. The van der Waals surface area contributed by atoms with Crippen LogP contribution in [-0.2, 0) is 4.79 Å². The van der Waals surface area contributed by atoms with E-state index in [-0.39, 0.29) is 5.91 Å². The van der Waals surface area contributed by atoms with E-state index >= 15 is 0 Å². The molecule has 0 saturated heterocycles. The molecule has 0 aromatic heterocycles. The Balaban J connectivity index is 3.85. The molecule has 0 fully saturated rings. The Labute approximate surface area is 118 Å². The van der Waals surface area contributed by atoms with Crippen molar-refractivity contribution in [2.24, 2.45) is 23.5 Å². The minimum Gasteiger partial charge on any atom is -0.391 e. The van der Waals surface area contributed by atoms with Crippen molar-refractivity contribution in [3.05, 3.63) is 0 Å². The van der Waals surface area contributed by atoms with Crippen LogP contribution in [-0.4, -0.2) is 30.2 Å². The first-order valence-corrected chi connectivity index (χ1v) is 7.51. The van der Waals surface area contributed by atoms with Gasteiger partial charge < -0.3 is 16.2 Å². The summed E-state index contributed by atoms with van der Waals surface area (Å²) in [5.74, 6) is 1.55. The molecular formula is C15H32N2O2. The zero-order chi connectivity index (χ0) is 14.8. The molecule has 0 aliphatic heterocycles. The molecule has 0 heterocycles. The number of hydrogen-bond acceptors (Lipinski definition) is 3.